The van der Waals surface area contributed by atoms with Crippen molar-refractivity contribution in [3.63, 3.8) is 0 Å². The molecule has 1 rings (SSSR count). The topological polar surface area (TPSA) is 55.6 Å². The van der Waals surface area contributed by atoms with Crippen LogP contribution in [0.15, 0.2) is 0 Å². The van der Waals surface area contributed by atoms with Gasteiger partial charge in [0.05, 0.1) is 11.1 Å². The summed E-state index contributed by atoms with van der Waals surface area (Å²) in [6.07, 6.45) is -3.68. The SMILES string of the molecule is NC(=S)CCN(CC1CCCO1)C(=O)C(F)(F)F. The van der Waals surface area contributed by atoms with E-state index in [1.54, 1.807) is 0 Å². The summed E-state index contributed by atoms with van der Waals surface area (Å²) in [6, 6.07) is 0. The largest absolute Gasteiger partial charge is 0.471 e. The molecule has 2 N–H and O–H groups in total. The summed E-state index contributed by atoms with van der Waals surface area (Å²) in [7, 11) is 0. The first kappa shape index (κ1) is 15.2. The number of amides is 1. The lowest BCUT2D eigenvalue weighted by Gasteiger charge is -2.26. The molecule has 1 amide bonds. The molecule has 18 heavy (non-hydrogen) atoms. The van der Waals surface area contributed by atoms with Crippen LogP contribution in [0, 0.1) is 0 Å². The van der Waals surface area contributed by atoms with Crippen LogP contribution < -0.4 is 5.73 Å². The van der Waals surface area contributed by atoms with E-state index < -0.39 is 12.1 Å². The van der Waals surface area contributed by atoms with Gasteiger partial charge >= 0.3 is 12.1 Å². The van der Waals surface area contributed by atoms with Crippen LogP contribution in [0.5, 0.6) is 0 Å². The van der Waals surface area contributed by atoms with E-state index in [-0.39, 0.29) is 30.6 Å². The van der Waals surface area contributed by atoms with Crippen LogP contribution in [-0.2, 0) is 9.53 Å². The van der Waals surface area contributed by atoms with Crippen molar-refractivity contribution in [3.8, 4) is 0 Å². The molecule has 1 fully saturated rings. The highest BCUT2D eigenvalue weighted by Crippen LogP contribution is 2.21. The number of thiocarbonyl (C=S) groups is 1. The van der Waals surface area contributed by atoms with Crippen molar-refractivity contribution in [2.45, 2.75) is 31.5 Å². The standard InChI is InChI=1S/C10H15F3N2O2S/c11-10(12,13)9(16)15(4-3-8(14)18)6-7-2-1-5-17-7/h7H,1-6H2,(H2,14,18). The summed E-state index contributed by atoms with van der Waals surface area (Å²) in [5.41, 5.74) is 5.24. The van der Waals surface area contributed by atoms with E-state index in [4.69, 9.17) is 10.5 Å². The van der Waals surface area contributed by atoms with Gasteiger partial charge in [0.25, 0.3) is 0 Å². The third-order valence-electron chi connectivity index (χ3n) is 2.61. The Morgan fingerprint density at radius 1 is 1.50 bits per heavy atom. The number of hydrogen-bond donors (Lipinski definition) is 1. The molecule has 0 bridgehead atoms. The minimum atomic E-state index is -4.88. The van der Waals surface area contributed by atoms with Gasteiger partial charge < -0.3 is 15.4 Å². The molecule has 1 saturated heterocycles. The van der Waals surface area contributed by atoms with E-state index in [9.17, 15) is 18.0 Å². The summed E-state index contributed by atoms with van der Waals surface area (Å²) >= 11 is 4.60. The van der Waals surface area contributed by atoms with E-state index in [0.717, 1.165) is 11.3 Å². The quantitative estimate of drug-likeness (QED) is 0.772. The molecular formula is C10H15F3N2O2S. The summed E-state index contributed by atoms with van der Waals surface area (Å²) in [5.74, 6) is -1.87. The minimum Gasteiger partial charge on any atom is -0.393 e. The first-order chi connectivity index (χ1) is 8.30. The van der Waals surface area contributed by atoms with Crippen LogP contribution in [0.1, 0.15) is 19.3 Å². The zero-order chi connectivity index (χ0) is 13.8. The summed E-state index contributed by atoms with van der Waals surface area (Å²) < 4.78 is 42.4. The Morgan fingerprint density at radius 3 is 2.61 bits per heavy atom. The van der Waals surface area contributed by atoms with Crippen LogP contribution in [0.2, 0.25) is 0 Å². The molecule has 0 aromatic heterocycles. The van der Waals surface area contributed by atoms with Crippen LogP contribution in [0.3, 0.4) is 0 Å². The predicted molar refractivity (Wildman–Crippen MR) is 63.0 cm³/mol. The predicted octanol–water partition coefficient (Wildman–Crippen LogP) is 1.23. The summed E-state index contributed by atoms with van der Waals surface area (Å²) in [4.78, 5) is 12.0. The molecular weight excluding hydrogens is 269 g/mol. The van der Waals surface area contributed by atoms with E-state index in [1.807, 2.05) is 0 Å². The third kappa shape index (κ3) is 4.77. The second kappa shape index (κ2) is 6.33. The Morgan fingerprint density at radius 2 is 2.17 bits per heavy atom. The molecule has 1 atom stereocenters. The first-order valence-electron chi connectivity index (χ1n) is 5.56. The molecule has 0 aromatic rings. The van der Waals surface area contributed by atoms with Crippen LogP contribution in [-0.4, -0.2) is 47.8 Å². The number of hydrogen-bond acceptors (Lipinski definition) is 3. The Bertz CT molecular complexity index is 317. The van der Waals surface area contributed by atoms with Gasteiger partial charge in [-0.25, -0.2) is 0 Å². The molecule has 0 radical (unpaired) electrons. The Hall–Kier alpha value is -0.890. The molecule has 1 aliphatic rings. The van der Waals surface area contributed by atoms with Gasteiger partial charge in [-0.1, -0.05) is 12.2 Å². The van der Waals surface area contributed by atoms with Gasteiger partial charge in [0.2, 0.25) is 0 Å². The van der Waals surface area contributed by atoms with Gasteiger partial charge in [-0.3, -0.25) is 4.79 Å². The summed E-state index contributed by atoms with van der Waals surface area (Å²) in [5, 5.41) is 0. The monoisotopic (exact) mass is 284 g/mol. The van der Waals surface area contributed by atoms with Crippen molar-refractivity contribution in [1.29, 1.82) is 0 Å². The van der Waals surface area contributed by atoms with Crippen LogP contribution in [0.25, 0.3) is 0 Å². The molecule has 104 valence electrons. The van der Waals surface area contributed by atoms with Crippen molar-refractivity contribution < 1.29 is 22.7 Å². The van der Waals surface area contributed by atoms with Crippen molar-refractivity contribution in [2.75, 3.05) is 19.7 Å². The van der Waals surface area contributed by atoms with Gasteiger partial charge in [-0.2, -0.15) is 13.2 Å². The van der Waals surface area contributed by atoms with Crippen molar-refractivity contribution >= 4 is 23.1 Å². The molecule has 1 aliphatic heterocycles. The minimum absolute atomic E-state index is 0.0685. The van der Waals surface area contributed by atoms with Crippen LogP contribution in [0.4, 0.5) is 13.2 Å². The molecule has 8 heteroatoms. The van der Waals surface area contributed by atoms with E-state index in [2.05, 4.69) is 12.2 Å². The Labute approximate surface area is 108 Å². The lowest BCUT2D eigenvalue weighted by atomic mass is 10.2. The van der Waals surface area contributed by atoms with E-state index in [1.165, 1.54) is 0 Å². The first-order valence-corrected chi connectivity index (χ1v) is 5.97. The number of carbonyl (C=O) groups excluding carboxylic acids is 1. The second-order valence-corrected chi connectivity index (χ2v) is 4.62. The molecule has 0 aromatic carbocycles. The number of halogens is 3. The van der Waals surface area contributed by atoms with E-state index in [0.29, 0.717) is 13.0 Å². The van der Waals surface area contributed by atoms with Gasteiger partial charge in [-0.15, -0.1) is 0 Å². The van der Waals surface area contributed by atoms with Crippen molar-refractivity contribution in [2.24, 2.45) is 5.73 Å². The summed E-state index contributed by atoms with van der Waals surface area (Å²) in [6.45, 7) is 0.322. The maximum Gasteiger partial charge on any atom is 0.471 e. The maximum atomic E-state index is 12.4. The van der Waals surface area contributed by atoms with Gasteiger partial charge in [0, 0.05) is 26.1 Å². The molecule has 0 spiro atoms. The Balaban J connectivity index is 2.61. The lowest BCUT2D eigenvalue weighted by Crippen LogP contribution is -2.45. The fourth-order valence-corrected chi connectivity index (χ4v) is 1.83. The van der Waals surface area contributed by atoms with Crippen molar-refractivity contribution in [1.82, 2.24) is 4.90 Å². The normalized spacial score (nSPS) is 19.8. The van der Waals surface area contributed by atoms with Gasteiger partial charge in [0.15, 0.2) is 0 Å². The lowest BCUT2D eigenvalue weighted by molar-refractivity contribution is -0.186. The maximum absolute atomic E-state index is 12.4. The average Bonchev–Trinajstić information content (AvgIpc) is 2.74. The number of alkyl halides is 3. The molecule has 0 aliphatic carbocycles. The third-order valence-corrected chi connectivity index (χ3v) is 2.81. The zero-order valence-electron chi connectivity index (χ0n) is 9.70. The van der Waals surface area contributed by atoms with Gasteiger partial charge in [0.1, 0.15) is 0 Å². The average molecular weight is 284 g/mol. The van der Waals surface area contributed by atoms with Crippen LogP contribution >= 0.6 is 12.2 Å². The molecule has 1 heterocycles. The highest BCUT2D eigenvalue weighted by atomic mass is 32.1. The van der Waals surface area contributed by atoms with Gasteiger partial charge in [-0.05, 0) is 12.8 Å². The van der Waals surface area contributed by atoms with Crippen molar-refractivity contribution in [3.05, 3.63) is 0 Å². The second-order valence-electron chi connectivity index (χ2n) is 4.10. The number of rotatable bonds is 5. The fraction of sp³-hybridized carbons (Fsp3) is 0.800. The zero-order valence-corrected chi connectivity index (χ0v) is 10.5. The highest BCUT2D eigenvalue weighted by Gasteiger charge is 2.43. The number of carbonyl (C=O) groups is 1. The Kier molecular flexibility index (Phi) is 5.33. The molecule has 4 nitrogen and oxygen atoms in total. The van der Waals surface area contributed by atoms with E-state index >= 15 is 0 Å². The smallest absolute Gasteiger partial charge is 0.393 e. The number of nitrogens with zero attached hydrogens (tertiary/aromatic N) is 1. The number of nitrogens with two attached hydrogens (primary N) is 1. The molecule has 1 unspecified atom stereocenters. The number of ether oxygens (including phenoxy) is 1. The fourth-order valence-electron chi connectivity index (χ4n) is 1.73. The molecule has 0 saturated carbocycles. The highest BCUT2D eigenvalue weighted by molar-refractivity contribution is 7.80.